The van der Waals surface area contributed by atoms with Gasteiger partial charge in [-0.15, -0.1) is 0 Å². The summed E-state index contributed by atoms with van der Waals surface area (Å²) >= 11 is 0. The molecule has 0 aliphatic heterocycles. The Morgan fingerprint density at radius 1 is 1.00 bits per heavy atom. The maximum Gasteiger partial charge on any atom is 0.336 e. The summed E-state index contributed by atoms with van der Waals surface area (Å²) in [5, 5.41) is 0. The Morgan fingerprint density at radius 3 is 2.21 bits per heavy atom. The highest BCUT2D eigenvalue weighted by molar-refractivity contribution is 6.14. The van der Waals surface area contributed by atoms with Gasteiger partial charge in [0.2, 0.25) is 6.29 Å². The van der Waals surface area contributed by atoms with E-state index in [1.54, 1.807) is 44.2 Å². The van der Waals surface area contributed by atoms with Gasteiger partial charge in [0.15, 0.2) is 11.6 Å². The SMILES string of the molecule is C=C(C)C(=O)OC(C)Oc1ccc(C(=O)CC(=O)c2ccc(C)cc2C)cc1. The van der Waals surface area contributed by atoms with Crippen LogP contribution in [0.5, 0.6) is 5.75 Å². The van der Waals surface area contributed by atoms with E-state index < -0.39 is 12.3 Å². The molecule has 0 aromatic heterocycles. The smallest absolute Gasteiger partial charge is 0.336 e. The number of carbonyl (C=O) groups is 3. The molecule has 0 spiro atoms. The Labute approximate surface area is 165 Å². The Bertz CT molecular complexity index is 909. The van der Waals surface area contributed by atoms with Gasteiger partial charge in [-0.3, -0.25) is 9.59 Å². The summed E-state index contributed by atoms with van der Waals surface area (Å²) in [7, 11) is 0. The summed E-state index contributed by atoms with van der Waals surface area (Å²) in [5.41, 5.74) is 3.19. The van der Waals surface area contributed by atoms with Gasteiger partial charge in [-0.05, 0) is 50.6 Å². The molecular weight excluding hydrogens is 356 g/mol. The van der Waals surface area contributed by atoms with E-state index in [9.17, 15) is 14.4 Å². The van der Waals surface area contributed by atoms with Crippen LogP contribution in [0.15, 0.2) is 54.6 Å². The van der Waals surface area contributed by atoms with Gasteiger partial charge >= 0.3 is 5.97 Å². The van der Waals surface area contributed by atoms with Gasteiger partial charge in [0.1, 0.15) is 5.75 Å². The largest absolute Gasteiger partial charge is 0.455 e. The van der Waals surface area contributed by atoms with Crippen molar-refractivity contribution in [3.63, 3.8) is 0 Å². The molecule has 0 saturated heterocycles. The number of carbonyl (C=O) groups excluding carboxylic acids is 3. The fraction of sp³-hybridized carbons (Fsp3) is 0.261. The number of rotatable bonds is 8. The van der Waals surface area contributed by atoms with Gasteiger partial charge in [0.25, 0.3) is 0 Å². The van der Waals surface area contributed by atoms with Gasteiger partial charge < -0.3 is 9.47 Å². The molecule has 0 heterocycles. The van der Waals surface area contributed by atoms with E-state index >= 15 is 0 Å². The second-order valence-electron chi connectivity index (χ2n) is 6.74. The van der Waals surface area contributed by atoms with Gasteiger partial charge in [-0.2, -0.15) is 0 Å². The summed E-state index contributed by atoms with van der Waals surface area (Å²) in [5.74, 6) is -0.565. The summed E-state index contributed by atoms with van der Waals surface area (Å²) in [6, 6.07) is 11.9. The number of aryl methyl sites for hydroxylation is 2. The monoisotopic (exact) mass is 380 g/mol. The molecule has 2 aromatic rings. The van der Waals surface area contributed by atoms with Gasteiger partial charge in [-0.25, -0.2) is 4.79 Å². The molecule has 2 rings (SSSR count). The Kier molecular flexibility index (Phi) is 6.88. The fourth-order valence-electron chi connectivity index (χ4n) is 2.66. The predicted molar refractivity (Wildman–Crippen MR) is 107 cm³/mol. The molecular formula is C23H24O5. The lowest BCUT2D eigenvalue weighted by Gasteiger charge is -2.15. The summed E-state index contributed by atoms with van der Waals surface area (Å²) < 4.78 is 10.5. The minimum Gasteiger partial charge on any atom is -0.455 e. The van der Waals surface area contributed by atoms with Crippen molar-refractivity contribution < 1.29 is 23.9 Å². The summed E-state index contributed by atoms with van der Waals surface area (Å²) in [6.07, 6.45) is -0.992. The maximum atomic E-state index is 12.4. The number of hydrogen-bond donors (Lipinski definition) is 0. The zero-order valence-corrected chi connectivity index (χ0v) is 16.6. The molecule has 0 saturated carbocycles. The zero-order valence-electron chi connectivity index (χ0n) is 16.6. The van der Waals surface area contributed by atoms with Crippen molar-refractivity contribution in [1.29, 1.82) is 0 Å². The molecule has 0 N–H and O–H groups in total. The molecule has 0 aliphatic carbocycles. The lowest BCUT2D eigenvalue weighted by Crippen LogP contribution is -2.21. The topological polar surface area (TPSA) is 69.7 Å². The molecule has 1 unspecified atom stereocenters. The van der Waals surface area contributed by atoms with Gasteiger partial charge in [-0.1, -0.05) is 30.3 Å². The molecule has 28 heavy (non-hydrogen) atoms. The number of ketones is 2. The van der Waals surface area contributed by atoms with Crippen LogP contribution in [0.4, 0.5) is 0 Å². The third-order valence-corrected chi connectivity index (χ3v) is 4.10. The Hall–Kier alpha value is -3.21. The van der Waals surface area contributed by atoms with Crippen molar-refractivity contribution >= 4 is 17.5 Å². The first-order valence-corrected chi connectivity index (χ1v) is 8.94. The van der Waals surface area contributed by atoms with Crippen LogP contribution in [-0.4, -0.2) is 23.8 Å². The first-order valence-electron chi connectivity index (χ1n) is 8.94. The number of hydrogen-bond acceptors (Lipinski definition) is 5. The number of ether oxygens (including phenoxy) is 2. The lowest BCUT2D eigenvalue weighted by atomic mass is 9.97. The average Bonchev–Trinajstić information content (AvgIpc) is 2.61. The highest BCUT2D eigenvalue weighted by atomic mass is 16.7. The van der Waals surface area contributed by atoms with Crippen LogP contribution in [0.25, 0.3) is 0 Å². The van der Waals surface area contributed by atoms with Gasteiger partial charge in [0.05, 0.1) is 6.42 Å². The minimum absolute atomic E-state index is 0.198. The van der Waals surface area contributed by atoms with E-state index in [0.717, 1.165) is 11.1 Å². The van der Waals surface area contributed by atoms with E-state index in [1.165, 1.54) is 0 Å². The number of esters is 1. The summed E-state index contributed by atoms with van der Waals surface area (Å²) in [6.45, 7) is 10.5. The van der Waals surface area contributed by atoms with Crippen molar-refractivity contribution in [3.05, 3.63) is 76.9 Å². The molecule has 0 amide bonds. The first-order chi connectivity index (χ1) is 13.2. The average molecular weight is 380 g/mol. The van der Waals surface area contributed by atoms with Crippen molar-refractivity contribution in [2.24, 2.45) is 0 Å². The van der Waals surface area contributed by atoms with Gasteiger partial charge in [0, 0.05) is 23.6 Å². The van der Waals surface area contributed by atoms with Crippen molar-refractivity contribution in [2.75, 3.05) is 0 Å². The van der Waals surface area contributed by atoms with Crippen LogP contribution in [-0.2, 0) is 9.53 Å². The fourth-order valence-corrected chi connectivity index (χ4v) is 2.66. The molecule has 1 atom stereocenters. The molecule has 0 bridgehead atoms. The van der Waals surface area contributed by atoms with Crippen molar-refractivity contribution in [1.82, 2.24) is 0 Å². The predicted octanol–water partition coefficient (Wildman–Crippen LogP) is 4.60. The van der Waals surface area contributed by atoms with Crippen LogP contribution in [0.1, 0.15) is 52.1 Å². The molecule has 0 fully saturated rings. The zero-order chi connectivity index (χ0) is 20.8. The van der Waals surface area contributed by atoms with Crippen LogP contribution in [0.3, 0.4) is 0 Å². The van der Waals surface area contributed by atoms with Crippen molar-refractivity contribution in [2.45, 2.75) is 40.4 Å². The normalized spacial score (nSPS) is 11.4. The third-order valence-electron chi connectivity index (χ3n) is 4.10. The third kappa shape index (κ3) is 5.64. The van der Waals surface area contributed by atoms with Crippen LogP contribution in [0, 0.1) is 13.8 Å². The van der Waals surface area contributed by atoms with E-state index in [-0.39, 0.29) is 23.6 Å². The highest BCUT2D eigenvalue weighted by Gasteiger charge is 2.16. The highest BCUT2D eigenvalue weighted by Crippen LogP contribution is 2.18. The minimum atomic E-state index is -0.795. The Morgan fingerprint density at radius 2 is 1.64 bits per heavy atom. The second kappa shape index (κ2) is 9.13. The summed E-state index contributed by atoms with van der Waals surface area (Å²) in [4.78, 5) is 36.3. The molecule has 146 valence electrons. The molecule has 2 aromatic carbocycles. The van der Waals surface area contributed by atoms with E-state index in [2.05, 4.69) is 6.58 Å². The number of benzene rings is 2. The quantitative estimate of drug-likeness (QED) is 0.220. The maximum absolute atomic E-state index is 12.4. The Balaban J connectivity index is 1.98. The molecule has 0 radical (unpaired) electrons. The first kappa shape index (κ1) is 21.1. The standard InChI is InChI=1S/C23H24O5/c1-14(2)23(26)28-17(5)27-19-9-7-18(8-10-19)21(24)13-22(25)20-11-6-15(3)12-16(20)4/h6-12,17H,1,13H2,2-5H3. The molecule has 5 nitrogen and oxygen atoms in total. The van der Waals surface area contributed by atoms with Crippen LogP contribution < -0.4 is 4.74 Å². The van der Waals surface area contributed by atoms with Crippen LogP contribution >= 0.6 is 0 Å². The van der Waals surface area contributed by atoms with E-state index in [1.807, 2.05) is 26.0 Å². The number of Topliss-reactive ketones (excluding diaryl/α,β-unsaturated/α-hetero) is 2. The van der Waals surface area contributed by atoms with E-state index in [4.69, 9.17) is 9.47 Å². The second-order valence-corrected chi connectivity index (χ2v) is 6.74. The lowest BCUT2D eigenvalue weighted by molar-refractivity contribution is -0.156. The van der Waals surface area contributed by atoms with Crippen LogP contribution in [0.2, 0.25) is 0 Å². The molecule has 0 aliphatic rings. The van der Waals surface area contributed by atoms with E-state index in [0.29, 0.717) is 16.9 Å². The van der Waals surface area contributed by atoms with Crippen molar-refractivity contribution in [3.8, 4) is 5.75 Å². The molecule has 5 heteroatoms.